The number of aliphatic hydroxyl groups excluding tert-OH is 1. The first-order valence-electron chi connectivity index (χ1n) is 6.65. The summed E-state index contributed by atoms with van der Waals surface area (Å²) in [5.41, 5.74) is 1.94. The summed E-state index contributed by atoms with van der Waals surface area (Å²) in [6, 6.07) is 2.04. The Kier molecular flexibility index (Phi) is 4.14. The van der Waals surface area contributed by atoms with Crippen LogP contribution >= 0.6 is 22.7 Å². The van der Waals surface area contributed by atoms with Crippen LogP contribution in [-0.2, 0) is 11.2 Å². The Morgan fingerprint density at radius 1 is 1.50 bits per heavy atom. The highest BCUT2D eigenvalue weighted by Crippen LogP contribution is 2.26. The zero-order valence-corrected chi connectivity index (χ0v) is 12.6. The minimum Gasteiger partial charge on any atom is -0.394 e. The summed E-state index contributed by atoms with van der Waals surface area (Å²) in [6.45, 7) is 0.814. The van der Waals surface area contributed by atoms with Crippen LogP contribution in [0.2, 0.25) is 0 Å². The van der Waals surface area contributed by atoms with E-state index in [0.29, 0.717) is 6.42 Å². The van der Waals surface area contributed by atoms with Crippen LogP contribution in [0.15, 0.2) is 22.2 Å². The minimum atomic E-state index is -0.00233. The van der Waals surface area contributed by atoms with Gasteiger partial charge in [-0.05, 0) is 24.3 Å². The normalized spacial score (nSPS) is 18.6. The van der Waals surface area contributed by atoms with Crippen LogP contribution in [0, 0.1) is 0 Å². The molecule has 1 amide bonds. The number of nitrogens with zero attached hydrogens (tertiary/aromatic N) is 2. The second-order valence-electron chi connectivity index (χ2n) is 4.90. The van der Waals surface area contributed by atoms with E-state index in [1.807, 2.05) is 16.8 Å². The van der Waals surface area contributed by atoms with Crippen molar-refractivity contribution in [3.63, 3.8) is 0 Å². The molecule has 1 aliphatic heterocycles. The van der Waals surface area contributed by atoms with Crippen LogP contribution in [-0.4, -0.2) is 40.1 Å². The number of thiophene rings is 1. The van der Waals surface area contributed by atoms with Crippen molar-refractivity contribution in [3.05, 3.63) is 27.9 Å². The molecule has 0 aliphatic carbocycles. The van der Waals surface area contributed by atoms with Gasteiger partial charge in [0.25, 0.3) is 0 Å². The van der Waals surface area contributed by atoms with Crippen molar-refractivity contribution in [2.45, 2.75) is 25.3 Å². The van der Waals surface area contributed by atoms with Crippen molar-refractivity contribution in [3.8, 4) is 10.6 Å². The largest absolute Gasteiger partial charge is 0.394 e. The summed E-state index contributed by atoms with van der Waals surface area (Å²) >= 11 is 3.22. The van der Waals surface area contributed by atoms with E-state index in [9.17, 15) is 9.90 Å². The first-order valence-corrected chi connectivity index (χ1v) is 8.47. The molecule has 2 aromatic rings. The van der Waals surface area contributed by atoms with Crippen LogP contribution in [0.1, 0.15) is 18.5 Å². The Labute approximate surface area is 125 Å². The van der Waals surface area contributed by atoms with Gasteiger partial charge in [0, 0.05) is 22.9 Å². The second kappa shape index (κ2) is 6.03. The predicted octanol–water partition coefficient (Wildman–Crippen LogP) is 2.40. The van der Waals surface area contributed by atoms with Crippen molar-refractivity contribution in [2.24, 2.45) is 0 Å². The van der Waals surface area contributed by atoms with Gasteiger partial charge in [-0.15, -0.1) is 11.3 Å². The molecule has 3 rings (SSSR count). The molecule has 106 valence electrons. The monoisotopic (exact) mass is 308 g/mol. The number of carbonyl (C=O) groups excluding carboxylic acids is 1. The number of rotatable bonds is 4. The maximum Gasteiger partial charge on any atom is 0.228 e. The molecule has 20 heavy (non-hydrogen) atoms. The fraction of sp³-hybridized carbons (Fsp3) is 0.429. The second-order valence-corrected chi connectivity index (χ2v) is 6.54. The first-order chi connectivity index (χ1) is 9.78. The number of thiazole rings is 1. The van der Waals surface area contributed by atoms with E-state index in [0.717, 1.165) is 35.7 Å². The van der Waals surface area contributed by atoms with Gasteiger partial charge in [0.05, 0.1) is 24.8 Å². The first kappa shape index (κ1) is 13.7. The summed E-state index contributed by atoms with van der Waals surface area (Å²) in [4.78, 5) is 18.6. The van der Waals surface area contributed by atoms with Crippen LogP contribution in [0.5, 0.6) is 0 Å². The van der Waals surface area contributed by atoms with Gasteiger partial charge in [0.2, 0.25) is 5.91 Å². The quantitative estimate of drug-likeness (QED) is 0.943. The molecule has 1 saturated heterocycles. The molecule has 0 unspecified atom stereocenters. The summed E-state index contributed by atoms with van der Waals surface area (Å²) in [7, 11) is 0. The van der Waals surface area contributed by atoms with Gasteiger partial charge < -0.3 is 10.0 Å². The van der Waals surface area contributed by atoms with Gasteiger partial charge in [-0.3, -0.25) is 4.79 Å². The Hall–Kier alpha value is -1.24. The number of amides is 1. The minimum absolute atomic E-state index is 0.00233. The highest BCUT2D eigenvalue weighted by molar-refractivity contribution is 7.14. The Balaban J connectivity index is 1.67. The molecule has 0 spiro atoms. The van der Waals surface area contributed by atoms with Crippen molar-refractivity contribution < 1.29 is 9.90 Å². The lowest BCUT2D eigenvalue weighted by Crippen LogP contribution is -2.38. The Morgan fingerprint density at radius 2 is 2.40 bits per heavy atom. The predicted molar refractivity (Wildman–Crippen MR) is 81.0 cm³/mol. The van der Waals surface area contributed by atoms with Crippen molar-refractivity contribution >= 4 is 28.6 Å². The lowest BCUT2D eigenvalue weighted by atomic mass is 10.2. The number of hydrogen-bond donors (Lipinski definition) is 1. The maximum absolute atomic E-state index is 12.3. The lowest BCUT2D eigenvalue weighted by Gasteiger charge is -2.22. The van der Waals surface area contributed by atoms with Gasteiger partial charge in [-0.1, -0.05) is 0 Å². The third kappa shape index (κ3) is 2.77. The average molecular weight is 308 g/mol. The molecule has 0 saturated carbocycles. The van der Waals surface area contributed by atoms with E-state index in [1.165, 1.54) is 0 Å². The molecule has 1 N–H and O–H groups in total. The van der Waals surface area contributed by atoms with Crippen molar-refractivity contribution in [2.75, 3.05) is 13.2 Å². The van der Waals surface area contributed by atoms with Gasteiger partial charge in [0.15, 0.2) is 0 Å². The van der Waals surface area contributed by atoms with E-state index in [4.69, 9.17) is 0 Å². The zero-order chi connectivity index (χ0) is 13.9. The summed E-state index contributed by atoms with van der Waals surface area (Å²) in [6.07, 6.45) is 2.21. The van der Waals surface area contributed by atoms with E-state index < -0.39 is 0 Å². The van der Waals surface area contributed by atoms with E-state index in [2.05, 4.69) is 10.4 Å². The topological polar surface area (TPSA) is 53.4 Å². The van der Waals surface area contributed by atoms with Gasteiger partial charge in [-0.25, -0.2) is 4.98 Å². The van der Waals surface area contributed by atoms with E-state index in [1.54, 1.807) is 27.6 Å². The molecule has 1 atom stereocenters. The summed E-state index contributed by atoms with van der Waals surface area (Å²) in [5.74, 6) is 0.0729. The number of carbonyl (C=O) groups is 1. The molecule has 1 aliphatic rings. The molecular weight excluding hydrogens is 292 g/mol. The van der Waals surface area contributed by atoms with Crippen molar-refractivity contribution in [1.29, 1.82) is 0 Å². The summed E-state index contributed by atoms with van der Waals surface area (Å²) < 4.78 is 0. The SMILES string of the molecule is O=C(Cc1csc(-c2ccsc2)n1)N1CCC[C@H]1CO. The van der Waals surface area contributed by atoms with Crippen LogP contribution in [0.4, 0.5) is 0 Å². The van der Waals surface area contributed by atoms with Crippen LogP contribution in [0.3, 0.4) is 0 Å². The number of aliphatic hydroxyl groups is 1. The number of hydrogen-bond acceptors (Lipinski definition) is 5. The highest BCUT2D eigenvalue weighted by atomic mass is 32.1. The van der Waals surface area contributed by atoms with Gasteiger partial charge >= 0.3 is 0 Å². The Bertz CT molecular complexity index is 580. The lowest BCUT2D eigenvalue weighted by molar-refractivity contribution is -0.132. The van der Waals surface area contributed by atoms with Gasteiger partial charge in [0.1, 0.15) is 5.01 Å². The van der Waals surface area contributed by atoms with Crippen molar-refractivity contribution in [1.82, 2.24) is 9.88 Å². The third-order valence-corrected chi connectivity index (χ3v) is 5.18. The molecule has 0 radical (unpaired) electrons. The molecule has 2 aromatic heterocycles. The summed E-state index contributed by atoms with van der Waals surface area (Å²) in [5, 5.41) is 16.3. The molecule has 0 aromatic carbocycles. The molecule has 4 nitrogen and oxygen atoms in total. The van der Waals surface area contributed by atoms with Crippen LogP contribution in [0.25, 0.3) is 10.6 Å². The fourth-order valence-corrected chi connectivity index (χ4v) is 4.05. The van der Waals surface area contributed by atoms with Crippen LogP contribution < -0.4 is 0 Å². The number of likely N-dealkylation sites (tertiary alicyclic amines) is 1. The Morgan fingerprint density at radius 3 is 3.15 bits per heavy atom. The molecule has 6 heteroatoms. The van der Waals surface area contributed by atoms with E-state index >= 15 is 0 Å². The average Bonchev–Trinajstić information content (AvgIpc) is 3.19. The molecule has 3 heterocycles. The number of aromatic nitrogens is 1. The third-order valence-electron chi connectivity index (χ3n) is 3.56. The smallest absolute Gasteiger partial charge is 0.228 e. The van der Waals surface area contributed by atoms with E-state index in [-0.39, 0.29) is 18.6 Å². The molecule has 0 bridgehead atoms. The molecule has 1 fully saturated rings. The zero-order valence-electron chi connectivity index (χ0n) is 11.0. The molecular formula is C14H16N2O2S2. The highest BCUT2D eigenvalue weighted by Gasteiger charge is 2.28. The fourth-order valence-electron chi connectivity index (χ4n) is 2.52. The maximum atomic E-state index is 12.3. The van der Waals surface area contributed by atoms with Gasteiger partial charge in [-0.2, -0.15) is 11.3 Å². The standard InChI is InChI=1S/C14H16N2O2S2/c17-7-12-2-1-4-16(12)13(18)6-11-9-20-14(15-11)10-3-5-19-8-10/h3,5,8-9,12,17H,1-2,4,6-7H2/t12-/m0/s1.